The Bertz CT molecular complexity index is 652. The molecule has 5 nitrogen and oxygen atoms in total. The lowest BCUT2D eigenvalue weighted by Gasteiger charge is -2.04. The number of benzene rings is 2. The van der Waals surface area contributed by atoms with Gasteiger partial charge in [0.05, 0.1) is 16.1 Å². The van der Waals surface area contributed by atoms with Gasteiger partial charge in [0.15, 0.2) is 0 Å². The van der Waals surface area contributed by atoms with Crippen LogP contribution in [-0.4, -0.2) is 16.0 Å². The third-order valence-electron chi connectivity index (χ3n) is 2.60. The first-order valence-electron chi connectivity index (χ1n) is 5.26. The van der Waals surface area contributed by atoms with Crippen molar-refractivity contribution in [2.45, 2.75) is 0 Å². The van der Waals surface area contributed by atoms with Gasteiger partial charge in [0, 0.05) is 6.07 Å². The van der Waals surface area contributed by atoms with Gasteiger partial charge < -0.3 is 5.11 Å². The standard InChI is InChI=1S/C13H8FNO4/c14-10-4-1-8(2-5-10)11-6-3-9(13(16)17)7-12(11)15(18)19/h1-7H,(H,16,17). The number of halogens is 1. The van der Waals surface area contributed by atoms with Crippen LogP contribution in [0.15, 0.2) is 42.5 Å². The van der Waals surface area contributed by atoms with Gasteiger partial charge in [-0.3, -0.25) is 10.1 Å². The summed E-state index contributed by atoms with van der Waals surface area (Å²) < 4.78 is 12.8. The molecule has 96 valence electrons. The summed E-state index contributed by atoms with van der Waals surface area (Å²) >= 11 is 0. The van der Waals surface area contributed by atoms with Gasteiger partial charge in [0.1, 0.15) is 5.82 Å². The summed E-state index contributed by atoms with van der Waals surface area (Å²) in [4.78, 5) is 21.1. The van der Waals surface area contributed by atoms with Gasteiger partial charge in [-0.05, 0) is 29.8 Å². The van der Waals surface area contributed by atoms with Crippen molar-refractivity contribution in [3.8, 4) is 11.1 Å². The summed E-state index contributed by atoms with van der Waals surface area (Å²) in [6.07, 6.45) is 0. The van der Waals surface area contributed by atoms with Gasteiger partial charge in [-0.15, -0.1) is 0 Å². The molecule has 0 saturated heterocycles. The summed E-state index contributed by atoms with van der Waals surface area (Å²) in [7, 11) is 0. The molecule has 0 aromatic heterocycles. The molecule has 0 fully saturated rings. The number of carboxylic acid groups (broad SMARTS) is 1. The monoisotopic (exact) mass is 261 g/mol. The van der Waals surface area contributed by atoms with Crippen molar-refractivity contribution < 1.29 is 19.2 Å². The molecule has 0 atom stereocenters. The first-order chi connectivity index (χ1) is 8.99. The molecule has 0 unspecified atom stereocenters. The van der Waals surface area contributed by atoms with Gasteiger partial charge in [0.25, 0.3) is 5.69 Å². The predicted octanol–water partition coefficient (Wildman–Crippen LogP) is 3.10. The van der Waals surface area contributed by atoms with Crippen LogP contribution in [0.2, 0.25) is 0 Å². The van der Waals surface area contributed by atoms with E-state index in [4.69, 9.17) is 5.11 Å². The molecular weight excluding hydrogens is 253 g/mol. The fraction of sp³-hybridized carbons (Fsp3) is 0. The van der Waals surface area contributed by atoms with Crippen LogP contribution >= 0.6 is 0 Å². The summed E-state index contributed by atoms with van der Waals surface area (Å²) in [6, 6.07) is 8.77. The molecule has 0 heterocycles. The van der Waals surface area contributed by atoms with Crippen molar-refractivity contribution in [3.05, 3.63) is 64.0 Å². The number of hydrogen-bond acceptors (Lipinski definition) is 3. The zero-order chi connectivity index (χ0) is 14.0. The van der Waals surface area contributed by atoms with Crippen LogP contribution in [0.5, 0.6) is 0 Å². The highest BCUT2D eigenvalue weighted by atomic mass is 19.1. The number of aromatic carboxylic acids is 1. The predicted molar refractivity (Wildman–Crippen MR) is 65.4 cm³/mol. The number of nitro groups is 1. The van der Waals surface area contributed by atoms with Crippen molar-refractivity contribution in [2.24, 2.45) is 0 Å². The van der Waals surface area contributed by atoms with E-state index in [1.807, 2.05) is 0 Å². The fourth-order valence-corrected chi connectivity index (χ4v) is 1.69. The average molecular weight is 261 g/mol. The molecule has 0 saturated carbocycles. The third-order valence-corrected chi connectivity index (χ3v) is 2.60. The van der Waals surface area contributed by atoms with Crippen molar-refractivity contribution in [1.82, 2.24) is 0 Å². The Hall–Kier alpha value is -2.76. The first-order valence-corrected chi connectivity index (χ1v) is 5.26. The van der Waals surface area contributed by atoms with Gasteiger partial charge >= 0.3 is 5.97 Å². The normalized spacial score (nSPS) is 10.2. The Balaban J connectivity index is 2.59. The molecule has 6 heteroatoms. The quantitative estimate of drug-likeness (QED) is 0.680. The first kappa shape index (κ1) is 12.7. The maximum absolute atomic E-state index is 12.8. The highest BCUT2D eigenvalue weighted by Gasteiger charge is 2.18. The Kier molecular flexibility index (Phi) is 3.24. The second-order valence-corrected chi connectivity index (χ2v) is 3.80. The molecule has 2 aromatic rings. The van der Waals surface area contributed by atoms with E-state index >= 15 is 0 Å². The average Bonchev–Trinajstić information content (AvgIpc) is 2.38. The lowest BCUT2D eigenvalue weighted by Crippen LogP contribution is -1.99. The molecule has 0 aliphatic rings. The number of nitro benzene ring substituents is 1. The molecule has 19 heavy (non-hydrogen) atoms. The molecule has 1 N–H and O–H groups in total. The molecule has 0 aliphatic heterocycles. The number of nitrogens with zero attached hydrogens (tertiary/aromatic N) is 1. The summed E-state index contributed by atoms with van der Waals surface area (Å²) in [5.74, 6) is -1.69. The van der Waals surface area contributed by atoms with Crippen molar-refractivity contribution >= 4 is 11.7 Å². The van der Waals surface area contributed by atoms with E-state index in [-0.39, 0.29) is 16.8 Å². The van der Waals surface area contributed by atoms with E-state index in [0.29, 0.717) is 5.56 Å². The Labute approximate surface area is 107 Å². The van der Waals surface area contributed by atoms with Crippen LogP contribution in [0, 0.1) is 15.9 Å². The van der Waals surface area contributed by atoms with E-state index in [9.17, 15) is 19.3 Å². The maximum atomic E-state index is 12.8. The summed E-state index contributed by atoms with van der Waals surface area (Å²) in [6.45, 7) is 0. The van der Waals surface area contributed by atoms with Gasteiger partial charge in [0.2, 0.25) is 0 Å². The third kappa shape index (κ3) is 2.57. The minimum Gasteiger partial charge on any atom is -0.478 e. The van der Waals surface area contributed by atoms with E-state index in [1.54, 1.807) is 0 Å². The van der Waals surface area contributed by atoms with Crippen molar-refractivity contribution in [1.29, 1.82) is 0 Å². The van der Waals surface area contributed by atoms with Crippen LogP contribution in [0.4, 0.5) is 10.1 Å². The number of rotatable bonds is 3. The Morgan fingerprint density at radius 2 is 1.79 bits per heavy atom. The maximum Gasteiger partial charge on any atom is 0.335 e. The second kappa shape index (κ2) is 4.85. The van der Waals surface area contributed by atoms with Gasteiger partial charge in [-0.2, -0.15) is 0 Å². The fourth-order valence-electron chi connectivity index (χ4n) is 1.69. The highest BCUT2D eigenvalue weighted by Crippen LogP contribution is 2.30. The van der Waals surface area contributed by atoms with Crippen LogP contribution < -0.4 is 0 Å². The minimum atomic E-state index is -1.24. The van der Waals surface area contributed by atoms with Crippen LogP contribution in [0.1, 0.15) is 10.4 Å². The SMILES string of the molecule is O=C(O)c1ccc(-c2ccc(F)cc2)c([N+](=O)[O-])c1. The lowest BCUT2D eigenvalue weighted by atomic mass is 10.0. The zero-order valence-electron chi connectivity index (χ0n) is 9.54. The minimum absolute atomic E-state index is 0.169. The lowest BCUT2D eigenvalue weighted by molar-refractivity contribution is -0.384. The number of carboxylic acids is 1. The molecular formula is C13H8FNO4. The molecule has 0 radical (unpaired) electrons. The second-order valence-electron chi connectivity index (χ2n) is 3.80. The Morgan fingerprint density at radius 3 is 2.32 bits per heavy atom. The smallest absolute Gasteiger partial charge is 0.335 e. The number of carbonyl (C=O) groups is 1. The van der Waals surface area contributed by atoms with Crippen LogP contribution in [-0.2, 0) is 0 Å². The molecule has 2 rings (SSSR count). The summed E-state index contributed by atoms with van der Waals surface area (Å²) in [5.41, 5.74) is 0.198. The highest BCUT2D eigenvalue weighted by molar-refractivity contribution is 5.90. The van der Waals surface area contributed by atoms with Crippen molar-refractivity contribution in [2.75, 3.05) is 0 Å². The number of hydrogen-bond donors (Lipinski definition) is 1. The topological polar surface area (TPSA) is 80.4 Å². The van der Waals surface area contributed by atoms with Crippen LogP contribution in [0.25, 0.3) is 11.1 Å². The zero-order valence-corrected chi connectivity index (χ0v) is 9.54. The van der Waals surface area contributed by atoms with Gasteiger partial charge in [-0.1, -0.05) is 12.1 Å². The van der Waals surface area contributed by atoms with E-state index in [2.05, 4.69) is 0 Å². The van der Waals surface area contributed by atoms with Crippen molar-refractivity contribution in [3.63, 3.8) is 0 Å². The molecule has 2 aromatic carbocycles. The van der Waals surface area contributed by atoms with Crippen LogP contribution in [0.3, 0.4) is 0 Å². The molecule has 0 aliphatic carbocycles. The summed E-state index contributed by atoms with van der Waals surface area (Å²) in [5, 5.41) is 19.8. The van der Waals surface area contributed by atoms with Gasteiger partial charge in [-0.25, -0.2) is 9.18 Å². The Morgan fingerprint density at radius 1 is 1.16 bits per heavy atom. The van der Waals surface area contributed by atoms with E-state index in [1.165, 1.54) is 36.4 Å². The van der Waals surface area contributed by atoms with E-state index < -0.39 is 16.7 Å². The van der Waals surface area contributed by atoms with E-state index in [0.717, 1.165) is 6.07 Å². The molecule has 0 spiro atoms. The largest absolute Gasteiger partial charge is 0.478 e. The molecule has 0 amide bonds. The molecule has 0 bridgehead atoms.